The van der Waals surface area contributed by atoms with E-state index in [1.165, 1.54) is 5.56 Å². The van der Waals surface area contributed by atoms with Gasteiger partial charge in [0.1, 0.15) is 23.0 Å². The maximum absolute atomic E-state index is 11.4. The number of benzene rings is 1. The molecule has 29 heavy (non-hydrogen) atoms. The van der Waals surface area contributed by atoms with Crippen molar-refractivity contribution in [2.24, 2.45) is 0 Å². The Balaban J connectivity index is 1.41. The number of pyridine rings is 1. The van der Waals surface area contributed by atoms with Crippen LogP contribution in [0, 0.1) is 6.92 Å². The first-order valence-electron chi connectivity index (χ1n) is 10.1. The van der Waals surface area contributed by atoms with Crippen LogP contribution in [0.25, 0.3) is 0 Å². The molecule has 2 aromatic heterocycles. The molecular weight excluding hydrogens is 382 g/mol. The van der Waals surface area contributed by atoms with Crippen molar-refractivity contribution in [3.05, 3.63) is 76.0 Å². The van der Waals surface area contributed by atoms with Crippen LogP contribution in [-0.4, -0.2) is 33.1 Å². The molecule has 1 aromatic carbocycles. The van der Waals surface area contributed by atoms with Gasteiger partial charge in [0.2, 0.25) is 0 Å². The third-order valence-corrected chi connectivity index (χ3v) is 6.79. The second-order valence-electron chi connectivity index (χ2n) is 7.65. The second kappa shape index (κ2) is 9.03. The third-order valence-electron chi connectivity index (χ3n) is 5.47. The number of rotatable bonds is 6. The number of aromatic nitrogens is 2. The van der Waals surface area contributed by atoms with E-state index in [1.54, 1.807) is 11.3 Å². The van der Waals surface area contributed by atoms with Crippen LogP contribution in [0.15, 0.2) is 54.9 Å². The summed E-state index contributed by atoms with van der Waals surface area (Å²) in [4.78, 5) is 12.3. The van der Waals surface area contributed by atoms with Crippen LogP contribution in [0.3, 0.4) is 0 Å². The van der Waals surface area contributed by atoms with Crippen molar-refractivity contribution in [1.82, 2.24) is 14.9 Å². The number of thiazole rings is 1. The Morgan fingerprint density at radius 1 is 1.10 bits per heavy atom. The molecule has 0 radical (unpaired) electrons. The zero-order chi connectivity index (χ0) is 20.1. The molecule has 3 heterocycles. The first-order valence-corrected chi connectivity index (χ1v) is 10.9. The standard InChI is InChI=1S/C23H27N3O2S/c1-18-21(17-28-20-6-3-2-4-7-20)29-22(25-18)23(27)10-5-14-26(15-11-23)16-19-8-12-24-13-9-19/h2-4,6-9,12-13,27H,5,10-11,14-17H2,1H3/t23-/m1/s1. The summed E-state index contributed by atoms with van der Waals surface area (Å²) in [5.74, 6) is 0.849. The Morgan fingerprint density at radius 2 is 1.90 bits per heavy atom. The monoisotopic (exact) mass is 409 g/mol. The summed E-state index contributed by atoms with van der Waals surface area (Å²) in [5, 5.41) is 12.2. The molecule has 6 heteroatoms. The van der Waals surface area contributed by atoms with E-state index < -0.39 is 5.60 Å². The first kappa shape index (κ1) is 20.0. The highest BCUT2D eigenvalue weighted by Gasteiger charge is 2.35. The Morgan fingerprint density at radius 3 is 2.69 bits per heavy atom. The van der Waals surface area contributed by atoms with Crippen molar-refractivity contribution >= 4 is 11.3 Å². The summed E-state index contributed by atoms with van der Waals surface area (Å²) < 4.78 is 5.89. The smallest absolute Gasteiger partial charge is 0.125 e. The van der Waals surface area contributed by atoms with Gasteiger partial charge < -0.3 is 9.84 Å². The molecule has 1 fully saturated rings. The predicted molar refractivity (Wildman–Crippen MR) is 115 cm³/mol. The van der Waals surface area contributed by atoms with Gasteiger partial charge in [-0.3, -0.25) is 9.88 Å². The van der Waals surface area contributed by atoms with Crippen LogP contribution in [-0.2, 0) is 18.8 Å². The lowest BCUT2D eigenvalue weighted by Crippen LogP contribution is -2.29. The minimum atomic E-state index is -0.854. The number of para-hydroxylation sites is 1. The lowest BCUT2D eigenvalue weighted by Gasteiger charge is -2.24. The van der Waals surface area contributed by atoms with Crippen molar-refractivity contribution in [2.45, 2.75) is 44.9 Å². The topological polar surface area (TPSA) is 58.5 Å². The molecule has 0 amide bonds. The van der Waals surface area contributed by atoms with Gasteiger partial charge in [0, 0.05) is 25.5 Å². The summed E-state index contributed by atoms with van der Waals surface area (Å²) in [6.07, 6.45) is 6.06. The molecule has 3 aromatic rings. The molecule has 1 N–H and O–H groups in total. The number of hydrogen-bond donors (Lipinski definition) is 1. The van der Waals surface area contributed by atoms with E-state index in [0.29, 0.717) is 13.0 Å². The van der Waals surface area contributed by atoms with Gasteiger partial charge in [0.15, 0.2) is 0 Å². The zero-order valence-corrected chi connectivity index (χ0v) is 17.6. The van der Waals surface area contributed by atoms with Crippen LogP contribution in [0.4, 0.5) is 0 Å². The molecule has 0 aliphatic carbocycles. The Bertz CT molecular complexity index is 916. The summed E-state index contributed by atoms with van der Waals surface area (Å²) in [6.45, 7) is 5.22. The van der Waals surface area contributed by atoms with Crippen molar-refractivity contribution in [1.29, 1.82) is 0 Å². The Labute approximate surface area is 176 Å². The second-order valence-corrected chi connectivity index (χ2v) is 8.73. The minimum absolute atomic E-state index is 0.484. The predicted octanol–water partition coefficient (Wildman–Crippen LogP) is 4.30. The van der Waals surface area contributed by atoms with Gasteiger partial charge in [0.05, 0.1) is 10.6 Å². The Kier molecular flexibility index (Phi) is 6.23. The van der Waals surface area contributed by atoms with Crippen LogP contribution in [0.1, 0.15) is 40.4 Å². The fraction of sp³-hybridized carbons (Fsp3) is 0.391. The van der Waals surface area contributed by atoms with Crippen molar-refractivity contribution in [2.75, 3.05) is 13.1 Å². The molecule has 1 saturated heterocycles. The molecule has 0 bridgehead atoms. The molecule has 0 unspecified atom stereocenters. The van der Waals surface area contributed by atoms with E-state index in [2.05, 4.69) is 22.0 Å². The molecular formula is C23H27N3O2S. The lowest BCUT2D eigenvalue weighted by atomic mass is 9.96. The average Bonchev–Trinajstić information content (AvgIpc) is 3.02. The quantitative estimate of drug-likeness (QED) is 0.658. The van der Waals surface area contributed by atoms with Gasteiger partial charge in [-0.1, -0.05) is 18.2 Å². The highest BCUT2D eigenvalue weighted by atomic mass is 32.1. The Hall–Kier alpha value is -2.28. The summed E-state index contributed by atoms with van der Waals surface area (Å²) >= 11 is 1.59. The third kappa shape index (κ3) is 5.01. The molecule has 5 nitrogen and oxygen atoms in total. The first-order chi connectivity index (χ1) is 14.1. The van der Waals surface area contributed by atoms with Crippen LogP contribution >= 0.6 is 11.3 Å². The van der Waals surface area contributed by atoms with Crippen LogP contribution in [0.2, 0.25) is 0 Å². The van der Waals surface area contributed by atoms with Crippen LogP contribution in [0.5, 0.6) is 5.75 Å². The molecule has 0 saturated carbocycles. The largest absolute Gasteiger partial charge is 0.488 e. The summed E-state index contributed by atoms with van der Waals surface area (Å²) in [6, 6.07) is 13.9. The fourth-order valence-electron chi connectivity index (χ4n) is 3.72. The number of hydrogen-bond acceptors (Lipinski definition) is 6. The van der Waals surface area contributed by atoms with Crippen LogP contribution < -0.4 is 4.74 Å². The molecule has 4 rings (SSSR count). The lowest BCUT2D eigenvalue weighted by molar-refractivity contribution is 0.0207. The highest BCUT2D eigenvalue weighted by Crippen LogP contribution is 2.37. The van der Waals surface area contributed by atoms with Gasteiger partial charge in [-0.25, -0.2) is 4.98 Å². The van der Waals surface area contributed by atoms with E-state index >= 15 is 0 Å². The van der Waals surface area contributed by atoms with E-state index in [-0.39, 0.29) is 0 Å². The number of nitrogens with zero attached hydrogens (tertiary/aromatic N) is 3. The fourth-order valence-corrected chi connectivity index (χ4v) is 4.84. The van der Waals surface area contributed by atoms with Gasteiger partial charge in [-0.15, -0.1) is 11.3 Å². The van der Waals surface area contributed by atoms with Gasteiger partial charge in [-0.2, -0.15) is 0 Å². The maximum Gasteiger partial charge on any atom is 0.125 e. The summed E-state index contributed by atoms with van der Waals surface area (Å²) in [5.41, 5.74) is 1.36. The number of likely N-dealkylation sites (tertiary alicyclic amines) is 1. The minimum Gasteiger partial charge on any atom is -0.488 e. The molecule has 1 aliphatic heterocycles. The van der Waals surface area contributed by atoms with E-state index in [1.807, 2.05) is 49.6 Å². The van der Waals surface area contributed by atoms with Gasteiger partial charge in [-0.05, 0) is 62.6 Å². The average molecular weight is 410 g/mol. The normalized spacial score (nSPS) is 20.3. The number of ether oxygens (including phenoxy) is 1. The molecule has 0 spiro atoms. The molecule has 1 atom stereocenters. The van der Waals surface area contributed by atoms with Gasteiger partial charge in [0.25, 0.3) is 0 Å². The number of aryl methyl sites for hydroxylation is 1. The van der Waals surface area contributed by atoms with E-state index in [4.69, 9.17) is 9.72 Å². The van der Waals surface area contributed by atoms with Crippen molar-refractivity contribution < 1.29 is 9.84 Å². The molecule has 152 valence electrons. The van der Waals surface area contributed by atoms with Gasteiger partial charge >= 0.3 is 0 Å². The van der Waals surface area contributed by atoms with E-state index in [9.17, 15) is 5.11 Å². The van der Waals surface area contributed by atoms with Crippen molar-refractivity contribution in [3.8, 4) is 5.75 Å². The number of aliphatic hydroxyl groups is 1. The van der Waals surface area contributed by atoms with Crippen molar-refractivity contribution in [3.63, 3.8) is 0 Å². The highest BCUT2D eigenvalue weighted by molar-refractivity contribution is 7.11. The maximum atomic E-state index is 11.4. The summed E-state index contributed by atoms with van der Waals surface area (Å²) in [7, 11) is 0. The van der Waals surface area contributed by atoms with E-state index in [0.717, 1.165) is 53.8 Å². The molecule has 1 aliphatic rings. The zero-order valence-electron chi connectivity index (χ0n) is 16.8. The SMILES string of the molecule is Cc1nc([C@@]2(O)CCCN(Cc3ccncc3)CC2)sc1COc1ccccc1.